The van der Waals surface area contributed by atoms with Crippen LogP contribution in [0.25, 0.3) is 0 Å². The predicted molar refractivity (Wildman–Crippen MR) is 94.5 cm³/mol. The van der Waals surface area contributed by atoms with Gasteiger partial charge in [-0.3, -0.25) is 0 Å². The minimum atomic E-state index is -6.22. The van der Waals surface area contributed by atoms with Gasteiger partial charge in [0.15, 0.2) is 0 Å². The molecule has 13 heteroatoms. The molecule has 0 amide bonds. The SMILES string of the molecule is O=C([O-])CC(OC(=O)c1cc(I)cc(I)c1I)(C(F)(F)F)C(F)(F)F. The summed E-state index contributed by atoms with van der Waals surface area (Å²) in [5.74, 6) is -4.62. The largest absolute Gasteiger partial charge is 0.550 e. The van der Waals surface area contributed by atoms with Crippen LogP contribution in [0.2, 0.25) is 0 Å². The molecule has 25 heavy (non-hydrogen) atoms. The van der Waals surface area contributed by atoms with Gasteiger partial charge in [0.2, 0.25) is 0 Å². The van der Waals surface area contributed by atoms with E-state index in [0.29, 0.717) is 7.14 Å². The standard InChI is InChI=1S/C12H5F6I3O4/c13-11(14,15)10(3-7(22)23,12(16,17)18)25-9(24)5-1-4(19)2-6(20)8(5)21/h1-2H,3H2,(H,22,23)/p-1. The summed E-state index contributed by atoms with van der Waals surface area (Å²) in [6.45, 7) is 0. The first kappa shape index (κ1) is 23.0. The van der Waals surface area contributed by atoms with E-state index in [1.165, 1.54) is 6.07 Å². The second-order valence-corrected chi connectivity index (χ2v) is 8.00. The Labute approximate surface area is 177 Å². The predicted octanol–water partition coefficient (Wildman–Crippen LogP) is 3.66. The Kier molecular flexibility index (Phi) is 7.25. The lowest BCUT2D eigenvalue weighted by Gasteiger charge is -2.36. The number of alkyl halides is 6. The Morgan fingerprint density at radius 2 is 1.48 bits per heavy atom. The summed E-state index contributed by atoms with van der Waals surface area (Å²) in [6.07, 6.45) is -15.0. The molecule has 0 aromatic heterocycles. The van der Waals surface area contributed by atoms with E-state index in [1.807, 2.05) is 0 Å². The van der Waals surface area contributed by atoms with Crippen molar-refractivity contribution in [3.8, 4) is 0 Å². The highest BCUT2D eigenvalue weighted by Gasteiger charge is 2.74. The molecular formula is C12H4F6I3O4-. The summed E-state index contributed by atoms with van der Waals surface area (Å²) in [4.78, 5) is 22.5. The number of carboxylic acid groups (broad SMARTS) is 1. The van der Waals surface area contributed by atoms with Crippen molar-refractivity contribution in [3.63, 3.8) is 0 Å². The molecule has 0 atom stereocenters. The molecule has 0 bridgehead atoms. The number of halogens is 9. The second-order valence-electron chi connectivity index (χ2n) is 4.51. The number of aliphatic carboxylic acids is 1. The summed E-state index contributed by atoms with van der Waals surface area (Å²) in [5.41, 5.74) is -5.76. The average molecular weight is 707 g/mol. The van der Waals surface area contributed by atoms with Gasteiger partial charge < -0.3 is 14.6 Å². The minimum absolute atomic E-state index is 0.0651. The van der Waals surface area contributed by atoms with Crippen molar-refractivity contribution in [2.24, 2.45) is 0 Å². The third kappa shape index (κ3) is 5.01. The molecule has 0 aliphatic rings. The van der Waals surface area contributed by atoms with E-state index >= 15 is 0 Å². The zero-order valence-electron chi connectivity index (χ0n) is 11.4. The van der Waals surface area contributed by atoms with Gasteiger partial charge in [0.25, 0.3) is 0 Å². The molecule has 1 aromatic carbocycles. The van der Waals surface area contributed by atoms with Gasteiger partial charge in [-0.25, -0.2) is 4.79 Å². The van der Waals surface area contributed by atoms with Crippen molar-refractivity contribution in [3.05, 3.63) is 28.4 Å². The quantitative estimate of drug-likeness (QED) is 0.208. The molecule has 0 fully saturated rings. The van der Waals surface area contributed by atoms with E-state index in [2.05, 4.69) is 4.74 Å². The number of rotatable bonds is 4. The average Bonchev–Trinajstić information content (AvgIpc) is 2.38. The van der Waals surface area contributed by atoms with Crippen LogP contribution >= 0.6 is 67.8 Å². The van der Waals surface area contributed by atoms with Gasteiger partial charge in [0, 0.05) is 23.1 Å². The summed E-state index contributed by atoms with van der Waals surface area (Å²) in [6, 6.07) is 2.56. The molecule has 0 heterocycles. The smallest absolute Gasteiger partial charge is 0.437 e. The Balaban J connectivity index is 3.50. The Hall–Kier alpha value is -0.0700. The number of ether oxygens (including phenoxy) is 1. The van der Waals surface area contributed by atoms with E-state index in [9.17, 15) is 41.0 Å². The number of esters is 1. The first-order valence-electron chi connectivity index (χ1n) is 5.83. The van der Waals surface area contributed by atoms with Crippen LogP contribution in [0.1, 0.15) is 16.8 Å². The van der Waals surface area contributed by atoms with Gasteiger partial charge in [-0.1, -0.05) is 0 Å². The van der Waals surface area contributed by atoms with Gasteiger partial charge >= 0.3 is 23.9 Å². The number of carbonyl (C=O) groups excluding carboxylic acids is 2. The van der Waals surface area contributed by atoms with E-state index in [4.69, 9.17) is 0 Å². The highest BCUT2D eigenvalue weighted by Crippen LogP contribution is 2.48. The van der Waals surface area contributed by atoms with E-state index in [0.717, 1.165) is 6.07 Å². The lowest BCUT2D eigenvalue weighted by molar-refractivity contribution is -0.377. The zero-order valence-corrected chi connectivity index (χ0v) is 17.9. The number of carboxylic acids is 1. The van der Waals surface area contributed by atoms with Crippen LogP contribution < -0.4 is 5.11 Å². The third-order valence-electron chi connectivity index (χ3n) is 2.79. The van der Waals surface area contributed by atoms with E-state index in [-0.39, 0.29) is 3.57 Å². The fourth-order valence-electron chi connectivity index (χ4n) is 1.63. The van der Waals surface area contributed by atoms with Crippen molar-refractivity contribution in [1.82, 2.24) is 0 Å². The van der Waals surface area contributed by atoms with Crippen molar-refractivity contribution in [2.45, 2.75) is 24.4 Å². The van der Waals surface area contributed by atoms with Crippen LogP contribution in [0.15, 0.2) is 12.1 Å². The van der Waals surface area contributed by atoms with E-state index in [1.54, 1.807) is 67.8 Å². The third-order valence-corrected chi connectivity index (χ3v) is 6.46. The molecule has 4 nitrogen and oxygen atoms in total. The molecule has 0 saturated carbocycles. The Morgan fingerprint density at radius 1 is 1.00 bits per heavy atom. The minimum Gasteiger partial charge on any atom is -0.550 e. The fraction of sp³-hybridized carbons (Fsp3) is 0.333. The van der Waals surface area contributed by atoms with Gasteiger partial charge in [-0.2, -0.15) is 26.3 Å². The van der Waals surface area contributed by atoms with Crippen LogP contribution in [0, 0.1) is 10.7 Å². The Morgan fingerprint density at radius 3 is 1.88 bits per heavy atom. The van der Waals surface area contributed by atoms with Crippen LogP contribution in [-0.2, 0) is 9.53 Å². The normalized spacial score (nSPS) is 12.8. The molecule has 1 aromatic rings. The molecule has 0 spiro atoms. The molecule has 0 aliphatic heterocycles. The van der Waals surface area contributed by atoms with Crippen LogP contribution in [0.4, 0.5) is 26.3 Å². The summed E-state index contributed by atoms with van der Waals surface area (Å²) >= 11 is 4.99. The maximum atomic E-state index is 13.1. The van der Waals surface area contributed by atoms with Gasteiger partial charge in [0.05, 0.1) is 5.56 Å². The number of benzene rings is 1. The fourth-order valence-corrected chi connectivity index (χ4v) is 4.01. The van der Waals surface area contributed by atoms with Crippen molar-refractivity contribution >= 4 is 79.7 Å². The van der Waals surface area contributed by atoms with Gasteiger partial charge in [-0.15, -0.1) is 0 Å². The first-order chi connectivity index (χ1) is 11.1. The number of carbonyl (C=O) groups is 2. The highest BCUT2D eigenvalue weighted by molar-refractivity contribution is 14.1. The van der Waals surface area contributed by atoms with Crippen LogP contribution in [0.3, 0.4) is 0 Å². The molecule has 140 valence electrons. The van der Waals surface area contributed by atoms with Crippen LogP contribution in [0.5, 0.6) is 0 Å². The molecule has 0 N–H and O–H groups in total. The van der Waals surface area contributed by atoms with Crippen LogP contribution in [-0.4, -0.2) is 29.9 Å². The van der Waals surface area contributed by atoms with Crippen molar-refractivity contribution in [1.29, 1.82) is 0 Å². The lowest BCUT2D eigenvalue weighted by Crippen LogP contribution is -2.61. The number of hydrogen-bond donors (Lipinski definition) is 0. The Bertz CT molecular complexity index is 687. The van der Waals surface area contributed by atoms with Crippen molar-refractivity contribution in [2.75, 3.05) is 0 Å². The molecule has 0 radical (unpaired) electrons. The number of hydrogen-bond acceptors (Lipinski definition) is 4. The summed E-state index contributed by atoms with van der Waals surface area (Å²) in [7, 11) is 0. The lowest BCUT2D eigenvalue weighted by atomic mass is 9.97. The second kappa shape index (κ2) is 7.89. The molecule has 0 unspecified atom stereocenters. The van der Waals surface area contributed by atoms with Crippen molar-refractivity contribution < 1.29 is 45.8 Å². The van der Waals surface area contributed by atoms with Gasteiger partial charge in [-0.05, 0) is 79.9 Å². The monoisotopic (exact) mass is 707 g/mol. The summed E-state index contributed by atoms with van der Waals surface area (Å²) in [5, 5.41) is 10.5. The molecule has 0 aliphatic carbocycles. The maximum absolute atomic E-state index is 13.1. The maximum Gasteiger partial charge on any atom is 0.437 e. The zero-order chi connectivity index (χ0) is 19.8. The summed E-state index contributed by atoms with van der Waals surface area (Å²) < 4.78 is 83.0. The molecule has 1 rings (SSSR count). The first-order valence-corrected chi connectivity index (χ1v) is 9.07. The van der Waals surface area contributed by atoms with Gasteiger partial charge in [0.1, 0.15) is 0 Å². The topological polar surface area (TPSA) is 66.4 Å². The van der Waals surface area contributed by atoms with E-state index < -0.39 is 41.9 Å². The highest BCUT2D eigenvalue weighted by atomic mass is 127. The molecular weight excluding hydrogens is 703 g/mol. The molecule has 0 saturated heterocycles.